The third-order valence-electron chi connectivity index (χ3n) is 20.9. The molecule has 10 bridgehead atoms. The molecule has 22 heteroatoms. The standard InChI is InChI=1S/C56H83N3O19/c1-23-10-28-8-9-54-20-33(61)52(78-54)48-25(3)49(76-54)53-35(71-48)7-5-27(67-53)12-47(64)70-41-15-39-40(68-38(41)14-36-24(2)29(57)11-26(66-36)4-6-34(23)65-28)16-42-44(69-39)21-56(73-42)22-45-51(77-56)31(59)19-55(75-45)18-30(58)50-43(74-55)13-32(60)37(72-50)17-46(62)63/h23,25-45,48-53,60-61H,2,4-22,57-59H2,1,3H3,(H,62,63)/t23?,25-,26+,27-,28+,29-,30+,31+,32-,33-,34+,35+,36-,37-,38+,39+,40+,41-,42-,43+,44-,45+,48-,49-,50+,51+,52?,53+,54-,55-,56-/m1/s1. The Morgan fingerprint density at radius 2 is 1.21 bits per heavy atom. The van der Waals surface area contributed by atoms with Gasteiger partial charge in [0, 0.05) is 88.3 Å². The van der Waals surface area contributed by atoms with Gasteiger partial charge in [-0.2, -0.15) is 0 Å². The lowest BCUT2D eigenvalue weighted by Gasteiger charge is -2.54. The molecule has 0 saturated carbocycles. The third-order valence-corrected chi connectivity index (χ3v) is 20.9. The highest BCUT2D eigenvalue weighted by atomic mass is 16.8. The van der Waals surface area contributed by atoms with Crippen LogP contribution in [0.3, 0.4) is 0 Å². The molecular weight excluding hydrogens is 1020 g/mol. The van der Waals surface area contributed by atoms with Crippen molar-refractivity contribution in [2.75, 3.05) is 0 Å². The van der Waals surface area contributed by atoms with Crippen LogP contribution in [0.2, 0.25) is 0 Å². The normalized spacial score (nSPS) is 57.6. The molecule has 0 aliphatic carbocycles. The molecule has 2 unspecified atom stereocenters. The van der Waals surface area contributed by atoms with Gasteiger partial charge in [-0.3, -0.25) is 9.59 Å². The van der Waals surface area contributed by atoms with E-state index in [4.69, 9.17) is 83.5 Å². The molecule has 0 aromatic carbocycles. The van der Waals surface area contributed by atoms with Crippen molar-refractivity contribution in [3.63, 3.8) is 0 Å². The van der Waals surface area contributed by atoms with Crippen LogP contribution in [-0.2, 0) is 75.9 Å². The van der Waals surface area contributed by atoms with E-state index in [0.29, 0.717) is 70.1 Å². The number of carbonyl (C=O) groups excluding carboxylic acids is 1. The minimum Gasteiger partial charge on any atom is -0.481 e. The number of carboxylic acid groups (broad SMARTS) is 1. The molecule has 14 saturated heterocycles. The van der Waals surface area contributed by atoms with Crippen molar-refractivity contribution in [3.05, 3.63) is 12.2 Å². The molecule has 14 aliphatic rings. The summed E-state index contributed by atoms with van der Waals surface area (Å²) < 4.78 is 94.9. The second-order valence-corrected chi connectivity index (χ2v) is 26.4. The Kier molecular flexibility index (Phi) is 14.1. The van der Waals surface area contributed by atoms with E-state index in [1.54, 1.807) is 0 Å². The van der Waals surface area contributed by atoms with Crippen LogP contribution >= 0.6 is 0 Å². The quantitative estimate of drug-likeness (QED) is 0.170. The highest BCUT2D eigenvalue weighted by molar-refractivity contribution is 5.70. The number of fused-ring (bicyclic) bond motifs is 13. The monoisotopic (exact) mass is 1100 g/mol. The summed E-state index contributed by atoms with van der Waals surface area (Å²) >= 11 is 0. The van der Waals surface area contributed by atoms with E-state index < -0.39 is 133 Å². The van der Waals surface area contributed by atoms with E-state index >= 15 is 0 Å². The SMILES string of the molecule is C=C1[C@H](N)C[C@@H]2CC[C@@H]3O[C@@H](CC[C@]45C[C@@H](O)C(O4)[C@@H]4O[C@H]6CC[C@H](CC(=O)O[C@@H]7C[C@@H]8O[C@@H]9C[C@@]%10(C[C@@H]%11O[C@]%12(C[C@H](N)[C@@H]%13O[C@H](CC(=O)O)[C@H](O)C[C@@H]%13O%12)C[C@H](N)[C@@H]%11O%10)O[C@@H]9C[C@@H]8O[C@H]7C[C@H]1O2)O[C@@H]6[C@H](O5)[C@@H]4C)CC3C. The first-order valence-corrected chi connectivity index (χ1v) is 29.7. The first-order valence-electron chi connectivity index (χ1n) is 29.7. The second-order valence-electron chi connectivity index (χ2n) is 26.4. The average Bonchev–Trinajstić information content (AvgIpc) is 4.30. The van der Waals surface area contributed by atoms with Crippen molar-refractivity contribution in [2.45, 2.75) is 312 Å². The number of aliphatic hydroxyl groups excluding tert-OH is 2. The number of carbonyl (C=O) groups is 2. The van der Waals surface area contributed by atoms with Gasteiger partial charge in [-0.1, -0.05) is 20.4 Å². The average molecular weight is 1100 g/mol. The zero-order chi connectivity index (χ0) is 53.7. The Labute approximate surface area is 454 Å². The maximum absolute atomic E-state index is 14.4. The molecule has 0 aromatic heterocycles. The summed E-state index contributed by atoms with van der Waals surface area (Å²) in [6.07, 6.45) is -2.12. The van der Waals surface area contributed by atoms with Crippen LogP contribution in [0.1, 0.15) is 136 Å². The fraction of sp³-hybridized carbons (Fsp3) is 0.929. The van der Waals surface area contributed by atoms with Crippen LogP contribution in [0.15, 0.2) is 12.2 Å². The summed E-state index contributed by atoms with van der Waals surface area (Å²) in [4.78, 5) is 25.9. The summed E-state index contributed by atoms with van der Waals surface area (Å²) in [5.41, 5.74) is 21.3. The number of aliphatic carboxylic acids is 1. The van der Waals surface area contributed by atoms with E-state index in [1.807, 2.05) is 0 Å². The molecule has 436 valence electrons. The zero-order valence-electron chi connectivity index (χ0n) is 44.9. The molecule has 14 aliphatic heterocycles. The van der Waals surface area contributed by atoms with Gasteiger partial charge < -0.3 is 98.8 Å². The van der Waals surface area contributed by atoms with Gasteiger partial charge in [0.2, 0.25) is 0 Å². The molecule has 31 atom stereocenters. The van der Waals surface area contributed by atoms with Gasteiger partial charge in [-0.15, -0.1) is 0 Å². The van der Waals surface area contributed by atoms with Gasteiger partial charge >= 0.3 is 11.9 Å². The van der Waals surface area contributed by atoms with E-state index in [-0.39, 0.29) is 92.9 Å². The number of hydrogen-bond donors (Lipinski definition) is 6. The van der Waals surface area contributed by atoms with Crippen molar-refractivity contribution in [3.8, 4) is 0 Å². The number of ether oxygens (including phenoxy) is 14. The highest BCUT2D eigenvalue weighted by Gasteiger charge is 2.66. The van der Waals surface area contributed by atoms with Crippen LogP contribution in [0, 0.1) is 11.8 Å². The molecule has 3 spiro atoms. The molecule has 0 aromatic rings. The van der Waals surface area contributed by atoms with Crippen molar-refractivity contribution in [1.29, 1.82) is 0 Å². The van der Waals surface area contributed by atoms with Crippen LogP contribution in [0.4, 0.5) is 0 Å². The summed E-state index contributed by atoms with van der Waals surface area (Å²) in [5, 5.41) is 31.7. The molecular formula is C56H83N3O19. The second kappa shape index (κ2) is 20.3. The minimum atomic E-state index is -1.16. The topological polar surface area (TPSA) is 302 Å². The van der Waals surface area contributed by atoms with Crippen LogP contribution in [0.25, 0.3) is 0 Å². The van der Waals surface area contributed by atoms with Gasteiger partial charge in [-0.05, 0) is 56.4 Å². The number of hydrogen-bond acceptors (Lipinski definition) is 21. The Bertz CT molecular complexity index is 2290. The molecule has 0 radical (unpaired) electrons. The predicted octanol–water partition coefficient (Wildman–Crippen LogP) is 1.79. The molecule has 78 heavy (non-hydrogen) atoms. The lowest BCUT2D eigenvalue weighted by atomic mass is 9.80. The lowest BCUT2D eigenvalue weighted by Crippen LogP contribution is -2.68. The van der Waals surface area contributed by atoms with E-state index in [2.05, 4.69) is 20.4 Å². The highest BCUT2D eigenvalue weighted by Crippen LogP contribution is 2.55. The lowest BCUT2D eigenvalue weighted by molar-refractivity contribution is -0.359. The number of nitrogens with two attached hydrogens (primary N) is 3. The van der Waals surface area contributed by atoms with Crippen molar-refractivity contribution in [2.24, 2.45) is 29.0 Å². The minimum absolute atomic E-state index is 0.0192. The van der Waals surface area contributed by atoms with Gasteiger partial charge in [0.05, 0.1) is 129 Å². The predicted molar refractivity (Wildman–Crippen MR) is 267 cm³/mol. The summed E-state index contributed by atoms with van der Waals surface area (Å²) in [5.74, 6) is -4.47. The number of rotatable bonds is 2. The van der Waals surface area contributed by atoms with Crippen LogP contribution in [0.5, 0.6) is 0 Å². The molecule has 14 fully saturated rings. The van der Waals surface area contributed by atoms with Crippen molar-refractivity contribution < 1.29 is 91.2 Å². The maximum Gasteiger partial charge on any atom is 0.308 e. The molecule has 22 nitrogen and oxygen atoms in total. The fourth-order valence-electron chi connectivity index (χ4n) is 17.1. The number of carboxylic acids is 1. The van der Waals surface area contributed by atoms with Gasteiger partial charge in [0.1, 0.15) is 24.4 Å². The molecule has 9 N–H and O–H groups in total. The Balaban J connectivity index is 0.681. The molecule has 14 rings (SSSR count). The van der Waals surface area contributed by atoms with Crippen LogP contribution < -0.4 is 17.2 Å². The van der Waals surface area contributed by atoms with Crippen molar-refractivity contribution in [1.82, 2.24) is 0 Å². The summed E-state index contributed by atoms with van der Waals surface area (Å²) in [6.45, 7) is 8.79. The van der Waals surface area contributed by atoms with Crippen molar-refractivity contribution >= 4 is 11.9 Å². The van der Waals surface area contributed by atoms with E-state index in [9.17, 15) is 24.9 Å². The Morgan fingerprint density at radius 3 is 2.03 bits per heavy atom. The van der Waals surface area contributed by atoms with E-state index in [1.165, 1.54) is 0 Å². The van der Waals surface area contributed by atoms with Gasteiger partial charge in [0.15, 0.2) is 17.4 Å². The largest absolute Gasteiger partial charge is 0.481 e. The molecule has 0 amide bonds. The summed E-state index contributed by atoms with van der Waals surface area (Å²) in [6, 6.07) is -1.33. The Hall–Kier alpha value is -2.04. The maximum atomic E-state index is 14.4. The zero-order valence-corrected chi connectivity index (χ0v) is 44.9. The van der Waals surface area contributed by atoms with Gasteiger partial charge in [-0.25, -0.2) is 0 Å². The summed E-state index contributed by atoms with van der Waals surface area (Å²) in [7, 11) is 0. The Morgan fingerprint density at radius 1 is 0.538 bits per heavy atom. The number of aliphatic hydroxyl groups is 2. The first kappa shape index (κ1) is 53.9. The van der Waals surface area contributed by atoms with Gasteiger partial charge in [0.25, 0.3) is 0 Å². The first-order chi connectivity index (χ1) is 37.4. The number of esters is 1. The van der Waals surface area contributed by atoms with E-state index in [0.717, 1.165) is 31.3 Å². The van der Waals surface area contributed by atoms with Crippen LogP contribution in [-0.4, -0.2) is 203 Å². The smallest absolute Gasteiger partial charge is 0.308 e. The third kappa shape index (κ3) is 9.75. The fourth-order valence-corrected chi connectivity index (χ4v) is 17.1. The molecule has 14 heterocycles.